The van der Waals surface area contributed by atoms with Crippen LogP contribution in [-0.4, -0.2) is 49.7 Å². The molecule has 31 heavy (non-hydrogen) atoms. The van der Waals surface area contributed by atoms with Gasteiger partial charge in [0, 0.05) is 44.3 Å². The first kappa shape index (κ1) is 21.1. The quantitative estimate of drug-likeness (QED) is 0.513. The van der Waals surface area contributed by atoms with Gasteiger partial charge in [0.1, 0.15) is 6.10 Å². The Hall–Kier alpha value is -1.81. The van der Waals surface area contributed by atoms with Crippen LogP contribution in [0, 0.1) is 31.1 Å². The lowest BCUT2D eigenvalue weighted by atomic mass is 9.59. The molecule has 2 saturated heterocycles. The molecular formula is C27H38N2O2. The van der Waals surface area contributed by atoms with Gasteiger partial charge in [-0.1, -0.05) is 35.8 Å². The molecule has 0 unspecified atom stereocenters. The lowest BCUT2D eigenvalue weighted by Crippen LogP contribution is -2.49. The number of hydrogen-bond donors (Lipinski definition) is 0. The second kappa shape index (κ2) is 7.95. The van der Waals surface area contributed by atoms with Gasteiger partial charge in [0.05, 0.1) is 5.92 Å². The van der Waals surface area contributed by atoms with Crippen molar-refractivity contribution < 1.29 is 9.53 Å². The summed E-state index contributed by atoms with van der Waals surface area (Å²) in [7, 11) is 0. The molecule has 4 nitrogen and oxygen atoms in total. The van der Waals surface area contributed by atoms with Gasteiger partial charge in [-0.15, -0.1) is 0 Å². The van der Waals surface area contributed by atoms with E-state index in [9.17, 15) is 4.79 Å². The highest BCUT2D eigenvalue weighted by molar-refractivity contribution is 5.76. The number of piperazine rings is 1. The van der Waals surface area contributed by atoms with Gasteiger partial charge in [-0.3, -0.25) is 9.69 Å². The first-order valence-electron chi connectivity index (χ1n) is 12.3. The fourth-order valence-electron chi connectivity index (χ4n) is 6.93. The summed E-state index contributed by atoms with van der Waals surface area (Å²) in [6, 6.07) is 6.75. The molecule has 2 heterocycles. The maximum absolute atomic E-state index is 12.9. The molecule has 2 aliphatic heterocycles. The summed E-state index contributed by atoms with van der Waals surface area (Å²) < 4.78 is 5.99. The van der Waals surface area contributed by atoms with Crippen LogP contribution in [0.2, 0.25) is 0 Å². The predicted octanol–water partition coefficient (Wildman–Crippen LogP) is 4.88. The minimum absolute atomic E-state index is 0.0458. The maximum Gasteiger partial charge on any atom is 0.310 e. The number of nitrogens with zero attached hydrogens (tertiary/aromatic N) is 2. The maximum atomic E-state index is 12.9. The fourth-order valence-corrected chi connectivity index (χ4v) is 6.93. The van der Waals surface area contributed by atoms with Crippen molar-refractivity contribution in [1.29, 1.82) is 0 Å². The van der Waals surface area contributed by atoms with Crippen LogP contribution in [0.1, 0.15) is 57.1 Å². The van der Waals surface area contributed by atoms with E-state index in [1.165, 1.54) is 36.1 Å². The summed E-state index contributed by atoms with van der Waals surface area (Å²) >= 11 is 0. The summed E-state index contributed by atoms with van der Waals surface area (Å²) in [6.07, 6.45) is 6.02. The number of fused-ring (bicyclic) bond motifs is 2. The van der Waals surface area contributed by atoms with Crippen LogP contribution in [0.4, 0.5) is 5.69 Å². The Morgan fingerprint density at radius 1 is 1.13 bits per heavy atom. The van der Waals surface area contributed by atoms with Crippen molar-refractivity contribution in [3.63, 3.8) is 0 Å². The summed E-state index contributed by atoms with van der Waals surface area (Å²) in [5.74, 6) is 0.484. The standard InChI is InChI=1S/C27H38N2O2/c1-18-7-8-24(20(3)14-18)29-12-10-28(11-13-29)17-22-21-15-23-19(2)6-5-9-27(23,4)16-25(21)31-26(22)30/h7-8,14,21-22,25H,5-6,9-13,15-17H2,1-4H3/t21-,22-,25+,27+/m0/s1. The second-order valence-corrected chi connectivity index (χ2v) is 10.9. The topological polar surface area (TPSA) is 32.8 Å². The van der Waals surface area contributed by atoms with Crippen LogP contribution in [0.15, 0.2) is 29.3 Å². The lowest BCUT2D eigenvalue weighted by Gasteiger charge is -2.46. The van der Waals surface area contributed by atoms with Gasteiger partial charge >= 0.3 is 5.97 Å². The van der Waals surface area contributed by atoms with Crippen molar-refractivity contribution >= 4 is 11.7 Å². The predicted molar refractivity (Wildman–Crippen MR) is 125 cm³/mol. The number of anilines is 1. The van der Waals surface area contributed by atoms with E-state index >= 15 is 0 Å². The van der Waals surface area contributed by atoms with E-state index in [0.29, 0.717) is 5.92 Å². The van der Waals surface area contributed by atoms with E-state index in [1.54, 1.807) is 11.1 Å². The Bertz CT molecular complexity index is 898. The Morgan fingerprint density at radius 3 is 2.65 bits per heavy atom. The Labute approximate surface area is 187 Å². The number of allylic oxidation sites excluding steroid dienone is 2. The van der Waals surface area contributed by atoms with Crippen LogP contribution in [0.3, 0.4) is 0 Å². The third kappa shape index (κ3) is 3.82. The van der Waals surface area contributed by atoms with Crippen molar-refractivity contribution in [2.24, 2.45) is 17.3 Å². The first-order chi connectivity index (χ1) is 14.8. The van der Waals surface area contributed by atoms with Crippen molar-refractivity contribution in [2.75, 3.05) is 37.6 Å². The zero-order valence-corrected chi connectivity index (χ0v) is 19.7. The van der Waals surface area contributed by atoms with Gasteiger partial charge < -0.3 is 9.64 Å². The minimum atomic E-state index is 0.0458. The molecule has 2 aliphatic carbocycles. The molecule has 5 rings (SSSR count). The molecule has 1 aromatic carbocycles. The molecule has 0 aromatic heterocycles. The molecule has 0 amide bonds. The van der Waals surface area contributed by atoms with Gasteiger partial charge in [-0.25, -0.2) is 0 Å². The summed E-state index contributed by atoms with van der Waals surface area (Å²) in [4.78, 5) is 17.9. The molecule has 0 N–H and O–H groups in total. The van der Waals surface area contributed by atoms with Gasteiger partial charge in [-0.2, -0.15) is 0 Å². The molecule has 4 heteroatoms. The monoisotopic (exact) mass is 422 g/mol. The molecule has 4 atom stereocenters. The van der Waals surface area contributed by atoms with E-state index in [4.69, 9.17) is 4.74 Å². The largest absolute Gasteiger partial charge is 0.462 e. The Balaban J connectivity index is 1.24. The number of aryl methyl sites for hydroxylation is 2. The van der Waals surface area contributed by atoms with Gasteiger partial charge in [0.2, 0.25) is 0 Å². The van der Waals surface area contributed by atoms with Crippen LogP contribution < -0.4 is 4.90 Å². The molecular weight excluding hydrogens is 384 g/mol. The van der Waals surface area contributed by atoms with E-state index in [1.807, 2.05) is 0 Å². The van der Waals surface area contributed by atoms with Crippen molar-refractivity contribution in [3.05, 3.63) is 40.5 Å². The van der Waals surface area contributed by atoms with Crippen molar-refractivity contribution in [2.45, 2.75) is 65.9 Å². The molecule has 0 radical (unpaired) electrons. The number of benzene rings is 1. The molecule has 0 bridgehead atoms. The molecule has 0 spiro atoms. The highest BCUT2D eigenvalue weighted by Gasteiger charge is 2.53. The molecule has 4 aliphatic rings. The number of ether oxygens (including phenoxy) is 1. The van der Waals surface area contributed by atoms with Crippen molar-refractivity contribution in [3.8, 4) is 0 Å². The summed E-state index contributed by atoms with van der Waals surface area (Å²) in [5, 5.41) is 0. The highest BCUT2D eigenvalue weighted by atomic mass is 16.6. The third-order valence-corrected chi connectivity index (χ3v) is 8.70. The molecule has 3 fully saturated rings. The van der Waals surface area contributed by atoms with Crippen LogP contribution in [0.5, 0.6) is 0 Å². The molecule has 1 aromatic rings. The zero-order valence-electron chi connectivity index (χ0n) is 19.7. The number of rotatable bonds is 3. The first-order valence-corrected chi connectivity index (χ1v) is 12.3. The minimum Gasteiger partial charge on any atom is -0.462 e. The average molecular weight is 423 g/mol. The lowest BCUT2D eigenvalue weighted by molar-refractivity contribution is -0.145. The SMILES string of the molecule is CC1=C2C[C@H]3[C@H](CN4CCN(c5ccc(C)cc5C)CC4)C(=O)O[C@@H]3C[C@@]2(C)CCC1. The van der Waals surface area contributed by atoms with Crippen molar-refractivity contribution in [1.82, 2.24) is 4.90 Å². The number of carbonyl (C=O) groups is 1. The van der Waals surface area contributed by atoms with Gasteiger partial charge in [-0.05, 0) is 69.9 Å². The van der Waals surface area contributed by atoms with Gasteiger partial charge in [0.25, 0.3) is 0 Å². The smallest absolute Gasteiger partial charge is 0.310 e. The number of hydrogen-bond acceptors (Lipinski definition) is 4. The highest BCUT2D eigenvalue weighted by Crippen LogP contribution is 2.55. The van der Waals surface area contributed by atoms with Gasteiger partial charge in [0.15, 0.2) is 0 Å². The van der Waals surface area contributed by atoms with E-state index in [2.05, 4.69) is 55.7 Å². The number of esters is 1. The van der Waals surface area contributed by atoms with Crippen LogP contribution in [-0.2, 0) is 9.53 Å². The van der Waals surface area contributed by atoms with Crippen LogP contribution >= 0.6 is 0 Å². The Morgan fingerprint density at radius 2 is 1.90 bits per heavy atom. The third-order valence-electron chi connectivity index (χ3n) is 8.70. The van der Waals surface area contributed by atoms with E-state index in [0.717, 1.165) is 45.6 Å². The van der Waals surface area contributed by atoms with E-state index < -0.39 is 0 Å². The van der Waals surface area contributed by atoms with Crippen LogP contribution in [0.25, 0.3) is 0 Å². The van der Waals surface area contributed by atoms with E-state index in [-0.39, 0.29) is 23.4 Å². The Kier molecular flexibility index (Phi) is 5.40. The fraction of sp³-hybridized carbons (Fsp3) is 0.667. The average Bonchev–Trinajstić information content (AvgIpc) is 3.01. The summed E-state index contributed by atoms with van der Waals surface area (Å²) in [6.45, 7) is 14.1. The molecule has 168 valence electrons. The zero-order chi connectivity index (χ0) is 21.8. The normalized spacial score (nSPS) is 33.9. The number of carbonyl (C=O) groups excluding carboxylic acids is 1. The summed E-state index contributed by atoms with van der Waals surface area (Å²) in [5.41, 5.74) is 7.54. The second-order valence-electron chi connectivity index (χ2n) is 10.9. The molecule has 1 saturated carbocycles.